The van der Waals surface area contributed by atoms with Gasteiger partial charge in [0.2, 0.25) is 5.91 Å². The molecule has 0 spiro atoms. The topological polar surface area (TPSA) is 78.7 Å². The molecule has 0 bridgehead atoms. The van der Waals surface area contributed by atoms with E-state index in [1.807, 2.05) is 84.2 Å². The molecule has 4 aromatic rings. The minimum atomic E-state index is -1.01. The highest BCUT2D eigenvalue weighted by Gasteiger charge is 2.40. The molecule has 7 heteroatoms. The van der Waals surface area contributed by atoms with Crippen LogP contribution in [0.2, 0.25) is 0 Å². The molecule has 0 unspecified atom stereocenters. The van der Waals surface area contributed by atoms with Crippen LogP contribution in [0, 0.1) is 0 Å². The quantitative estimate of drug-likeness (QED) is 0.417. The van der Waals surface area contributed by atoms with Crippen molar-refractivity contribution in [2.75, 3.05) is 19.0 Å². The molecular formula is C30H30N4O3. The van der Waals surface area contributed by atoms with Crippen LogP contribution in [0.5, 0.6) is 0 Å². The highest BCUT2D eigenvalue weighted by molar-refractivity contribution is 5.91. The Hall–Kier alpha value is -4.39. The van der Waals surface area contributed by atoms with Crippen molar-refractivity contribution in [2.24, 2.45) is 0 Å². The number of hydrogen-bond donors (Lipinski definition) is 1. The van der Waals surface area contributed by atoms with Crippen molar-refractivity contribution >= 4 is 17.6 Å². The molecule has 0 saturated carbocycles. The van der Waals surface area contributed by atoms with E-state index in [1.54, 1.807) is 6.33 Å². The number of hydrogen-bond acceptors (Lipinski definition) is 4. The Kier molecular flexibility index (Phi) is 6.77. The Labute approximate surface area is 216 Å². The van der Waals surface area contributed by atoms with Crippen LogP contribution in [-0.4, -0.2) is 51.6 Å². The van der Waals surface area contributed by atoms with Gasteiger partial charge in [0.25, 0.3) is 0 Å². The van der Waals surface area contributed by atoms with Crippen LogP contribution in [0.4, 0.5) is 5.69 Å². The van der Waals surface area contributed by atoms with Crippen LogP contribution in [-0.2, 0) is 29.1 Å². The number of carboxylic acids is 1. The molecule has 1 atom stereocenters. The van der Waals surface area contributed by atoms with Crippen LogP contribution in [0.3, 0.4) is 0 Å². The van der Waals surface area contributed by atoms with E-state index in [0.717, 1.165) is 33.8 Å². The molecule has 1 aliphatic rings. The Morgan fingerprint density at radius 3 is 2.08 bits per heavy atom. The largest absolute Gasteiger partial charge is 0.480 e. The van der Waals surface area contributed by atoms with E-state index in [2.05, 4.69) is 29.2 Å². The first-order chi connectivity index (χ1) is 17.9. The average molecular weight is 495 g/mol. The lowest BCUT2D eigenvalue weighted by Gasteiger charge is -2.35. The van der Waals surface area contributed by atoms with Crippen LogP contribution in [0.1, 0.15) is 34.0 Å². The maximum atomic E-state index is 14.0. The molecule has 0 fully saturated rings. The van der Waals surface area contributed by atoms with E-state index >= 15 is 0 Å². The molecule has 7 nitrogen and oxygen atoms in total. The fraction of sp³-hybridized carbons (Fsp3) is 0.233. The third-order valence-corrected chi connectivity index (χ3v) is 7.00. The number of aliphatic carboxylic acids is 1. The van der Waals surface area contributed by atoms with Crippen LogP contribution < -0.4 is 4.90 Å². The minimum Gasteiger partial charge on any atom is -0.480 e. The highest BCUT2D eigenvalue weighted by atomic mass is 16.4. The number of nitrogens with zero attached hydrogens (tertiary/aromatic N) is 4. The maximum Gasteiger partial charge on any atom is 0.326 e. The molecule has 1 amide bonds. The lowest BCUT2D eigenvalue weighted by Crippen LogP contribution is -2.50. The zero-order chi connectivity index (χ0) is 25.9. The zero-order valence-electron chi connectivity index (χ0n) is 21.0. The summed E-state index contributed by atoms with van der Waals surface area (Å²) in [5.41, 5.74) is 5.49. The normalized spacial score (nSPS) is 14.9. The number of carbonyl (C=O) groups is 2. The van der Waals surface area contributed by atoms with Gasteiger partial charge in [0, 0.05) is 38.4 Å². The van der Waals surface area contributed by atoms with E-state index in [0.29, 0.717) is 6.54 Å². The van der Waals surface area contributed by atoms with Gasteiger partial charge < -0.3 is 19.5 Å². The first kappa shape index (κ1) is 24.3. The molecule has 37 heavy (non-hydrogen) atoms. The first-order valence-electron chi connectivity index (χ1n) is 12.3. The third kappa shape index (κ3) is 4.98. The second-order valence-corrected chi connectivity index (χ2v) is 9.61. The van der Waals surface area contributed by atoms with Crippen molar-refractivity contribution in [3.05, 3.63) is 119 Å². The summed E-state index contributed by atoms with van der Waals surface area (Å²) in [5, 5.41) is 10.2. The smallest absolute Gasteiger partial charge is 0.326 e. The summed E-state index contributed by atoms with van der Waals surface area (Å²) in [7, 11) is 4.00. The maximum absolute atomic E-state index is 14.0. The summed E-state index contributed by atoms with van der Waals surface area (Å²) in [6.07, 6.45) is 1.96. The van der Waals surface area contributed by atoms with Crippen molar-refractivity contribution in [1.29, 1.82) is 0 Å². The molecule has 1 aromatic heterocycles. The van der Waals surface area contributed by atoms with E-state index in [1.165, 1.54) is 4.90 Å². The molecule has 0 saturated heterocycles. The van der Waals surface area contributed by atoms with Gasteiger partial charge in [0.05, 0.1) is 24.5 Å². The Morgan fingerprint density at radius 2 is 1.54 bits per heavy atom. The van der Waals surface area contributed by atoms with E-state index in [4.69, 9.17) is 0 Å². The number of amides is 1. The van der Waals surface area contributed by atoms with Crippen molar-refractivity contribution < 1.29 is 14.7 Å². The number of benzene rings is 3. The van der Waals surface area contributed by atoms with Crippen LogP contribution in [0.25, 0.3) is 0 Å². The summed E-state index contributed by atoms with van der Waals surface area (Å²) in [6, 6.07) is 26.3. The second kappa shape index (κ2) is 10.3. The minimum absolute atomic E-state index is 0.161. The van der Waals surface area contributed by atoms with Crippen LogP contribution in [0.15, 0.2) is 91.3 Å². The molecule has 188 valence electrons. The molecule has 5 rings (SSSR count). The number of imidazole rings is 1. The monoisotopic (exact) mass is 494 g/mol. The van der Waals surface area contributed by atoms with Gasteiger partial charge in [0.1, 0.15) is 6.04 Å². The SMILES string of the molecule is CN(C)c1ccc(Cn2cnc3c2C[C@@H](C(=O)O)N(C(=O)C(c2ccccc2)c2ccccc2)C3)cc1. The number of carboxylic acid groups (broad SMARTS) is 1. The standard InChI is InChI=1S/C30H30N4O3/c1-32(2)24-15-13-21(14-16-24)18-33-20-31-25-19-34(27(30(36)37)17-26(25)33)29(35)28(22-9-5-3-6-10-22)23-11-7-4-8-12-23/h3-16,20,27-28H,17-19H2,1-2H3,(H,36,37)/t27-/m0/s1. The summed E-state index contributed by atoms with van der Waals surface area (Å²) in [5.74, 6) is -1.84. The molecule has 0 aliphatic carbocycles. The van der Waals surface area contributed by atoms with Gasteiger partial charge in [-0.15, -0.1) is 0 Å². The van der Waals surface area contributed by atoms with Crippen molar-refractivity contribution in [3.63, 3.8) is 0 Å². The lowest BCUT2D eigenvalue weighted by atomic mass is 9.88. The molecular weight excluding hydrogens is 464 g/mol. The Bertz CT molecular complexity index is 1340. The lowest BCUT2D eigenvalue weighted by molar-refractivity contribution is -0.151. The van der Waals surface area contributed by atoms with Gasteiger partial charge in [-0.1, -0.05) is 72.8 Å². The highest BCUT2D eigenvalue weighted by Crippen LogP contribution is 2.32. The molecule has 2 heterocycles. The second-order valence-electron chi connectivity index (χ2n) is 9.61. The van der Waals surface area contributed by atoms with Crippen LogP contribution >= 0.6 is 0 Å². The van der Waals surface area contributed by atoms with Crippen molar-refractivity contribution in [1.82, 2.24) is 14.5 Å². The van der Waals surface area contributed by atoms with Gasteiger partial charge in [-0.05, 0) is 28.8 Å². The van der Waals surface area contributed by atoms with Crippen molar-refractivity contribution in [2.45, 2.75) is 31.5 Å². The summed E-state index contributed by atoms with van der Waals surface area (Å²) < 4.78 is 2.00. The van der Waals surface area contributed by atoms with Gasteiger partial charge in [-0.3, -0.25) is 4.79 Å². The van der Waals surface area contributed by atoms with Gasteiger partial charge in [-0.2, -0.15) is 0 Å². The average Bonchev–Trinajstić information content (AvgIpc) is 3.31. The van der Waals surface area contributed by atoms with E-state index < -0.39 is 17.9 Å². The van der Waals surface area contributed by atoms with Gasteiger partial charge in [0.15, 0.2) is 0 Å². The number of carbonyl (C=O) groups excluding carboxylic acids is 1. The molecule has 0 radical (unpaired) electrons. The van der Waals surface area contributed by atoms with E-state index in [9.17, 15) is 14.7 Å². The van der Waals surface area contributed by atoms with Crippen molar-refractivity contribution in [3.8, 4) is 0 Å². The predicted molar refractivity (Wildman–Crippen MR) is 143 cm³/mol. The van der Waals surface area contributed by atoms with E-state index in [-0.39, 0.29) is 18.9 Å². The summed E-state index contributed by atoms with van der Waals surface area (Å²) in [6.45, 7) is 0.751. The third-order valence-electron chi connectivity index (χ3n) is 7.00. The number of anilines is 1. The number of fused-ring (bicyclic) bond motifs is 1. The molecule has 1 N–H and O–H groups in total. The summed E-state index contributed by atoms with van der Waals surface area (Å²) >= 11 is 0. The molecule has 1 aliphatic heterocycles. The fourth-order valence-electron chi connectivity index (χ4n) is 5.00. The summed E-state index contributed by atoms with van der Waals surface area (Å²) in [4.78, 5) is 34.6. The number of rotatable bonds is 7. The predicted octanol–water partition coefficient (Wildman–Crippen LogP) is 4.17. The molecule has 3 aromatic carbocycles. The Morgan fingerprint density at radius 1 is 0.946 bits per heavy atom. The number of aromatic nitrogens is 2. The van der Waals surface area contributed by atoms with Gasteiger partial charge >= 0.3 is 5.97 Å². The first-order valence-corrected chi connectivity index (χ1v) is 12.3. The Balaban J connectivity index is 1.45. The zero-order valence-corrected chi connectivity index (χ0v) is 21.0. The van der Waals surface area contributed by atoms with Gasteiger partial charge in [-0.25, -0.2) is 9.78 Å². The fourth-order valence-corrected chi connectivity index (χ4v) is 5.00.